The van der Waals surface area contributed by atoms with Gasteiger partial charge in [-0.2, -0.15) is 0 Å². The van der Waals surface area contributed by atoms with Gasteiger partial charge in [-0.1, -0.05) is 20.8 Å². The second kappa shape index (κ2) is 13.4. The summed E-state index contributed by atoms with van der Waals surface area (Å²) in [6, 6.07) is 0. The van der Waals surface area contributed by atoms with Crippen LogP contribution < -0.4 is 0 Å². The van der Waals surface area contributed by atoms with Crippen LogP contribution in [0.4, 0.5) is 0 Å². The second-order valence-electron chi connectivity index (χ2n) is 3.20. The molecular weight excluding hydrogens is 194 g/mol. The summed E-state index contributed by atoms with van der Waals surface area (Å²) in [4.78, 5) is 11.6. The van der Waals surface area contributed by atoms with Crippen LogP contribution >= 0.6 is 0 Å². The third kappa shape index (κ3) is 19.7. The summed E-state index contributed by atoms with van der Waals surface area (Å²) in [5.74, 6) is -0.745. The van der Waals surface area contributed by atoms with Crippen LogP contribution in [0.25, 0.3) is 0 Å². The van der Waals surface area contributed by atoms with Gasteiger partial charge in [-0.3, -0.25) is 4.79 Å². The molecule has 0 radical (unpaired) electrons. The fourth-order valence-corrected chi connectivity index (χ4v) is 0.368. The molecule has 0 aromatic heterocycles. The number of ether oxygens (including phenoxy) is 1. The molecule has 0 atom stereocenters. The minimum atomic E-state index is -0.745. The molecular formula is C11H25NO3. The van der Waals surface area contributed by atoms with Crippen molar-refractivity contribution in [2.45, 2.75) is 33.6 Å². The zero-order valence-corrected chi connectivity index (χ0v) is 10.5. The van der Waals surface area contributed by atoms with Gasteiger partial charge in [0.05, 0.1) is 0 Å². The van der Waals surface area contributed by atoms with E-state index in [1.807, 2.05) is 0 Å². The van der Waals surface area contributed by atoms with E-state index in [-0.39, 0.29) is 6.42 Å². The predicted molar refractivity (Wildman–Crippen MR) is 62.2 cm³/mol. The van der Waals surface area contributed by atoms with Crippen molar-refractivity contribution in [3.8, 4) is 0 Å². The molecule has 1 fully saturated rings. The monoisotopic (exact) mass is 219 g/mol. The smallest absolute Gasteiger partial charge is 0.303 e. The summed E-state index contributed by atoms with van der Waals surface area (Å²) in [6.45, 7) is 10.2. The van der Waals surface area contributed by atoms with Crippen molar-refractivity contribution in [2.24, 2.45) is 0 Å². The molecule has 1 saturated heterocycles. The SMILES string of the molecule is C1COC1.CCC(=O)O.CCN(C)CC. The Morgan fingerprint density at radius 3 is 1.53 bits per heavy atom. The summed E-state index contributed by atoms with van der Waals surface area (Å²) in [5.41, 5.74) is 0. The van der Waals surface area contributed by atoms with Gasteiger partial charge in [-0.15, -0.1) is 0 Å². The van der Waals surface area contributed by atoms with Crippen molar-refractivity contribution in [3.63, 3.8) is 0 Å². The van der Waals surface area contributed by atoms with Crippen LogP contribution in [-0.4, -0.2) is 49.3 Å². The Hall–Kier alpha value is -0.610. The van der Waals surface area contributed by atoms with Crippen LogP contribution in [-0.2, 0) is 9.53 Å². The molecule has 1 rings (SSSR count). The third-order valence-corrected chi connectivity index (χ3v) is 1.96. The first-order valence-corrected chi connectivity index (χ1v) is 5.56. The van der Waals surface area contributed by atoms with Crippen LogP contribution in [0, 0.1) is 0 Å². The van der Waals surface area contributed by atoms with Crippen LogP contribution in [0.2, 0.25) is 0 Å². The molecule has 4 nitrogen and oxygen atoms in total. The predicted octanol–water partition coefficient (Wildman–Crippen LogP) is 1.85. The highest BCUT2D eigenvalue weighted by Gasteiger charge is 1.94. The number of aliphatic carboxylic acids is 1. The highest BCUT2D eigenvalue weighted by atomic mass is 16.5. The van der Waals surface area contributed by atoms with Gasteiger partial charge in [0.25, 0.3) is 0 Å². The lowest BCUT2D eigenvalue weighted by Crippen LogP contribution is -2.15. The van der Waals surface area contributed by atoms with Gasteiger partial charge in [-0.25, -0.2) is 0 Å². The maximum absolute atomic E-state index is 9.37. The van der Waals surface area contributed by atoms with Crippen LogP contribution in [0.3, 0.4) is 0 Å². The molecule has 92 valence electrons. The largest absolute Gasteiger partial charge is 0.481 e. The van der Waals surface area contributed by atoms with Gasteiger partial charge in [0.1, 0.15) is 0 Å². The molecule has 0 aromatic carbocycles. The van der Waals surface area contributed by atoms with E-state index >= 15 is 0 Å². The number of carboxylic acids is 1. The van der Waals surface area contributed by atoms with Gasteiger partial charge in [0, 0.05) is 19.6 Å². The first kappa shape index (κ1) is 16.8. The Kier molecular flexibility index (Phi) is 15.0. The Morgan fingerprint density at radius 2 is 1.53 bits per heavy atom. The van der Waals surface area contributed by atoms with E-state index in [4.69, 9.17) is 9.84 Å². The Labute approximate surface area is 93.2 Å². The third-order valence-electron chi connectivity index (χ3n) is 1.96. The van der Waals surface area contributed by atoms with Gasteiger partial charge in [0.15, 0.2) is 0 Å². The van der Waals surface area contributed by atoms with E-state index < -0.39 is 5.97 Å². The molecule has 0 aromatic rings. The lowest BCUT2D eigenvalue weighted by Gasteiger charge is -2.09. The van der Waals surface area contributed by atoms with Crippen LogP contribution in [0.15, 0.2) is 0 Å². The standard InChI is InChI=1S/C5H13N.C3H6O2.C3H6O/c1-4-6(3)5-2;1-2-3(4)5;1-2-4-3-1/h4-5H2,1-3H3;2H2,1H3,(H,4,5);1-3H2. The van der Waals surface area contributed by atoms with Crippen LogP contribution in [0.5, 0.6) is 0 Å². The second-order valence-corrected chi connectivity index (χ2v) is 3.20. The van der Waals surface area contributed by atoms with Crippen molar-refractivity contribution in [1.29, 1.82) is 0 Å². The summed E-state index contributed by atoms with van der Waals surface area (Å²) in [6.07, 6.45) is 1.50. The highest BCUT2D eigenvalue weighted by Crippen LogP contribution is 1.93. The van der Waals surface area contributed by atoms with E-state index in [1.165, 1.54) is 6.42 Å². The van der Waals surface area contributed by atoms with Gasteiger partial charge in [-0.05, 0) is 26.6 Å². The molecule has 0 amide bonds. The Balaban J connectivity index is 0. The molecule has 1 aliphatic heterocycles. The van der Waals surface area contributed by atoms with E-state index in [1.54, 1.807) is 6.92 Å². The molecule has 1 aliphatic rings. The van der Waals surface area contributed by atoms with Crippen molar-refractivity contribution < 1.29 is 14.6 Å². The van der Waals surface area contributed by atoms with Gasteiger partial charge >= 0.3 is 5.97 Å². The maximum Gasteiger partial charge on any atom is 0.303 e. The summed E-state index contributed by atoms with van der Waals surface area (Å²) in [5, 5.41) is 7.72. The van der Waals surface area contributed by atoms with Crippen molar-refractivity contribution in [1.82, 2.24) is 4.90 Å². The number of hydrogen-bond donors (Lipinski definition) is 1. The molecule has 0 saturated carbocycles. The van der Waals surface area contributed by atoms with Crippen molar-refractivity contribution >= 4 is 5.97 Å². The summed E-state index contributed by atoms with van der Waals surface area (Å²) in [7, 11) is 2.11. The molecule has 0 aliphatic carbocycles. The zero-order chi connectivity index (χ0) is 12.1. The fraction of sp³-hybridized carbons (Fsp3) is 0.909. The fourth-order valence-electron chi connectivity index (χ4n) is 0.368. The molecule has 1 N–H and O–H groups in total. The normalized spacial score (nSPS) is 12.9. The minimum absolute atomic E-state index is 0.222. The van der Waals surface area contributed by atoms with E-state index in [0.29, 0.717) is 0 Å². The Morgan fingerprint density at radius 1 is 1.27 bits per heavy atom. The van der Waals surface area contributed by atoms with Crippen molar-refractivity contribution in [2.75, 3.05) is 33.4 Å². The van der Waals surface area contributed by atoms with Gasteiger partial charge in [0.2, 0.25) is 0 Å². The molecule has 0 bridgehead atoms. The quantitative estimate of drug-likeness (QED) is 0.787. The maximum atomic E-state index is 9.37. The highest BCUT2D eigenvalue weighted by molar-refractivity contribution is 5.66. The number of hydrogen-bond acceptors (Lipinski definition) is 3. The average molecular weight is 219 g/mol. The Bertz CT molecular complexity index is 128. The van der Waals surface area contributed by atoms with E-state index in [2.05, 4.69) is 25.8 Å². The number of rotatable bonds is 3. The lowest BCUT2D eigenvalue weighted by atomic mass is 10.4. The molecule has 1 heterocycles. The molecule has 0 spiro atoms. The van der Waals surface area contributed by atoms with Gasteiger partial charge < -0.3 is 14.7 Å². The van der Waals surface area contributed by atoms with E-state index in [0.717, 1.165) is 26.3 Å². The topological polar surface area (TPSA) is 49.8 Å². The molecule has 15 heavy (non-hydrogen) atoms. The molecule has 0 unspecified atom stereocenters. The summed E-state index contributed by atoms with van der Waals surface area (Å²) >= 11 is 0. The summed E-state index contributed by atoms with van der Waals surface area (Å²) < 4.78 is 4.72. The number of carboxylic acid groups (broad SMARTS) is 1. The van der Waals surface area contributed by atoms with E-state index in [9.17, 15) is 4.79 Å². The first-order chi connectivity index (χ1) is 7.08. The first-order valence-electron chi connectivity index (χ1n) is 5.56. The average Bonchev–Trinajstić information content (AvgIpc) is 2.15. The lowest BCUT2D eigenvalue weighted by molar-refractivity contribution is -0.136. The zero-order valence-electron chi connectivity index (χ0n) is 10.5. The molecule has 4 heteroatoms. The number of carbonyl (C=O) groups is 1. The van der Waals surface area contributed by atoms with Crippen LogP contribution in [0.1, 0.15) is 33.6 Å². The minimum Gasteiger partial charge on any atom is -0.481 e. The number of nitrogens with zero attached hydrogens (tertiary/aromatic N) is 1. The van der Waals surface area contributed by atoms with Crippen molar-refractivity contribution in [3.05, 3.63) is 0 Å².